The van der Waals surface area contributed by atoms with Gasteiger partial charge in [0.2, 0.25) is 17.5 Å². The first-order valence-corrected chi connectivity index (χ1v) is 7.64. The quantitative estimate of drug-likeness (QED) is 0.928. The van der Waals surface area contributed by atoms with Crippen LogP contribution in [0.5, 0.6) is 0 Å². The lowest BCUT2D eigenvalue weighted by molar-refractivity contribution is 0.270. The maximum Gasteiger partial charge on any atom is 0.240 e. The lowest BCUT2D eigenvalue weighted by atomic mass is 9.90. The Morgan fingerprint density at radius 3 is 2.57 bits per heavy atom. The minimum atomic E-state index is 0.488. The zero-order valence-corrected chi connectivity index (χ0v) is 12.1. The van der Waals surface area contributed by atoms with Crippen LogP contribution in [0, 0.1) is 12.8 Å². The molecule has 2 unspecified atom stereocenters. The number of rotatable bonds is 3. The molecular formula is C15H19N5O. The van der Waals surface area contributed by atoms with Gasteiger partial charge < -0.3 is 9.84 Å². The highest BCUT2D eigenvalue weighted by atomic mass is 16.5. The van der Waals surface area contributed by atoms with Crippen LogP contribution in [0.15, 0.2) is 16.9 Å². The number of hydrogen-bond acceptors (Lipinski definition) is 6. The molecule has 21 heavy (non-hydrogen) atoms. The van der Waals surface area contributed by atoms with E-state index in [-0.39, 0.29) is 0 Å². The van der Waals surface area contributed by atoms with Gasteiger partial charge in [-0.05, 0) is 44.1 Å². The van der Waals surface area contributed by atoms with Crippen LogP contribution >= 0.6 is 0 Å². The molecular weight excluding hydrogens is 266 g/mol. The second-order valence-electron chi connectivity index (χ2n) is 6.28. The Kier molecular flexibility index (Phi) is 3.18. The van der Waals surface area contributed by atoms with Gasteiger partial charge >= 0.3 is 0 Å². The maximum atomic E-state index is 5.38. The lowest BCUT2D eigenvalue weighted by Crippen LogP contribution is -2.38. The summed E-state index contributed by atoms with van der Waals surface area (Å²) >= 11 is 0. The number of aromatic nitrogens is 4. The van der Waals surface area contributed by atoms with E-state index in [1.165, 1.54) is 25.7 Å². The first kappa shape index (κ1) is 12.9. The molecule has 2 aromatic heterocycles. The highest BCUT2D eigenvalue weighted by Crippen LogP contribution is 2.32. The van der Waals surface area contributed by atoms with E-state index in [9.17, 15) is 0 Å². The van der Waals surface area contributed by atoms with E-state index in [2.05, 4.69) is 25.4 Å². The van der Waals surface area contributed by atoms with Gasteiger partial charge in [-0.3, -0.25) is 0 Å². The largest absolute Gasteiger partial charge is 0.339 e. The molecule has 2 atom stereocenters. The van der Waals surface area contributed by atoms with Crippen LogP contribution in [-0.2, 0) is 6.42 Å². The molecule has 2 aliphatic rings. The summed E-state index contributed by atoms with van der Waals surface area (Å²) in [5, 5.41) is 7.66. The topological polar surface area (TPSA) is 76.7 Å². The first-order valence-electron chi connectivity index (χ1n) is 7.64. The zero-order valence-electron chi connectivity index (χ0n) is 12.1. The molecule has 4 rings (SSSR count). The molecule has 0 radical (unpaired) electrons. The van der Waals surface area contributed by atoms with Crippen molar-refractivity contribution >= 4 is 0 Å². The van der Waals surface area contributed by atoms with Crippen molar-refractivity contribution in [2.75, 3.05) is 0 Å². The predicted molar refractivity (Wildman–Crippen MR) is 76.4 cm³/mol. The van der Waals surface area contributed by atoms with E-state index >= 15 is 0 Å². The molecule has 0 saturated carbocycles. The minimum Gasteiger partial charge on any atom is -0.339 e. The van der Waals surface area contributed by atoms with Crippen molar-refractivity contribution in [3.05, 3.63) is 23.8 Å². The van der Waals surface area contributed by atoms with E-state index in [4.69, 9.17) is 4.52 Å². The van der Waals surface area contributed by atoms with Crippen molar-refractivity contribution in [3.63, 3.8) is 0 Å². The summed E-state index contributed by atoms with van der Waals surface area (Å²) in [6, 6.07) is 1.38. The fourth-order valence-electron chi connectivity index (χ4n) is 3.53. The van der Waals surface area contributed by atoms with Crippen molar-refractivity contribution in [3.8, 4) is 11.6 Å². The van der Waals surface area contributed by atoms with Crippen molar-refractivity contribution in [2.45, 2.75) is 51.1 Å². The first-order chi connectivity index (χ1) is 10.3. The Balaban J connectivity index is 1.46. The average Bonchev–Trinajstić information content (AvgIpc) is 3.07. The molecule has 6 heteroatoms. The summed E-state index contributed by atoms with van der Waals surface area (Å²) in [4.78, 5) is 12.9. The molecule has 0 aromatic carbocycles. The number of nitrogens with zero attached hydrogens (tertiary/aromatic N) is 4. The highest BCUT2D eigenvalue weighted by molar-refractivity contribution is 5.40. The van der Waals surface area contributed by atoms with E-state index < -0.39 is 0 Å². The van der Waals surface area contributed by atoms with Crippen LogP contribution in [0.25, 0.3) is 11.6 Å². The fourth-order valence-corrected chi connectivity index (χ4v) is 3.53. The molecule has 4 heterocycles. The highest BCUT2D eigenvalue weighted by Gasteiger charge is 2.34. The van der Waals surface area contributed by atoms with E-state index in [0.717, 1.165) is 12.0 Å². The predicted octanol–water partition coefficient (Wildman–Crippen LogP) is 1.91. The van der Waals surface area contributed by atoms with Gasteiger partial charge in [-0.15, -0.1) is 0 Å². The van der Waals surface area contributed by atoms with E-state index in [1.807, 2.05) is 6.92 Å². The van der Waals surface area contributed by atoms with Gasteiger partial charge in [0.1, 0.15) is 0 Å². The number of fused-ring (bicyclic) bond motifs is 2. The van der Waals surface area contributed by atoms with E-state index in [0.29, 0.717) is 35.5 Å². The van der Waals surface area contributed by atoms with Gasteiger partial charge in [0.05, 0.1) is 0 Å². The van der Waals surface area contributed by atoms with Crippen LogP contribution in [0.3, 0.4) is 0 Å². The SMILES string of the molecule is Cc1cnc(-c2noc(CC3CC4CCC(C3)N4)n2)nc1. The molecule has 110 valence electrons. The van der Waals surface area contributed by atoms with Crippen LogP contribution in [0.4, 0.5) is 0 Å². The minimum absolute atomic E-state index is 0.488. The number of nitrogens with one attached hydrogen (secondary N) is 1. The second-order valence-corrected chi connectivity index (χ2v) is 6.28. The van der Waals surface area contributed by atoms with E-state index in [1.54, 1.807) is 12.4 Å². The molecule has 1 N–H and O–H groups in total. The number of aryl methyl sites for hydroxylation is 1. The molecule has 2 saturated heterocycles. The van der Waals surface area contributed by atoms with Crippen molar-refractivity contribution < 1.29 is 4.52 Å². The summed E-state index contributed by atoms with van der Waals surface area (Å²) in [6.45, 7) is 1.96. The van der Waals surface area contributed by atoms with Gasteiger partial charge in [0, 0.05) is 30.9 Å². The second kappa shape index (κ2) is 5.18. The third-order valence-electron chi connectivity index (χ3n) is 4.48. The smallest absolute Gasteiger partial charge is 0.240 e. The fraction of sp³-hybridized carbons (Fsp3) is 0.600. The number of hydrogen-bond donors (Lipinski definition) is 1. The van der Waals surface area contributed by atoms with Gasteiger partial charge in [0.15, 0.2) is 0 Å². The van der Waals surface area contributed by atoms with Gasteiger partial charge in [-0.25, -0.2) is 9.97 Å². The van der Waals surface area contributed by atoms with Gasteiger partial charge in [-0.1, -0.05) is 5.16 Å². The molecule has 2 aromatic rings. The van der Waals surface area contributed by atoms with Crippen LogP contribution in [-0.4, -0.2) is 32.2 Å². The molecule has 2 bridgehead atoms. The van der Waals surface area contributed by atoms with Crippen molar-refractivity contribution in [2.24, 2.45) is 5.92 Å². The third kappa shape index (κ3) is 2.68. The molecule has 2 aliphatic heterocycles. The Bertz CT molecular complexity index is 611. The molecule has 2 fully saturated rings. The third-order valence-corrected chi connectivity index (χ3v) is 4.48. The molecule has 0 amide bonds. The van der Waals surface area contributed by atoms with Gasteiger partial charge in [-0.2, -0.15) is 4.98 Å². The maximum absolute atomic E-state index is 5.38. The van der Waals surface area contributed by atoms with Crippen molar-refractivity contribution in [1.29, 1.82) is 0 Å². The zero-order chi connectivity index (χ0) is 14.2. The molecule has 6 nitrogen and oxygen atoms in total. The van der Waals surface area contributed by atoms with Crippen LogP contribution < -0.4 is 5.32 Å². The monoisotopic (exact) mass is 285 g/mol. The van der Waals surface area contributed by atoms with Crippen LogP contribution in [0.2, 0.25) is 0 Å². The molecule has 0 spiro atoms. The summed E-state index contributed by atoms with van der Waals surface area (Å²) in [7, 11) is 0. The summed E-state index contributed by atoms with van der Waals surface area (Å²) < 4.78 is 5.38. The number of piperidine rings is 1. The lowest BCUT2D eigenvalue weighted by Gasteiger charge is -2.27. The normalized spacial score (nSPS) is 28.0. The Morgan fingerprint density at radius 2 is 1.86 bits per heavy atom. The summed E-state index contributed by atoms with van der Waals surface area (Å²) in [6.07, 6.45) is 9.46. The standard InChI is InChI=1S/C15H19N5O/c1-9-7-16-14(17-8-9)15-19-13(21-20-15)6-10-4-11-2-3-12(5-10)18-11/h7-8,10-12,18H,2-6H2,1H3. The summed E-state index contributed by atoms with van der Waals surface area (Å²) in [5.74, 6) is 2.37. The van der Waals surface area contributed by atoms with Crippen LogP contribution in [0.1, 0.15) is 37.1 Å². The summed E-state index contributed by atoms with van der Waals surface area (Å²) in [5.41, 5.74) is 1.02. The Hall–Kier alpha value is -1.82. The average molecular weight is 285 g/mol. The Morgan fingerprint density at radius 1 is 1.14 bits per heavy atom. The Labute approximate surface area is 123 Å². The molecule has 0 aliphatic carbocycles. The van der Waals surface area contributed by atoms with Gasteiger partial charge in [0.25, 0.3) is 0 Å². The van der Waals surface area contributed by atoms with Crippen molar-refractivity contribution in [1.82, 2.24) is 25.4 Å².